The van der Waals surface area contributed by atoms with Crippen molar-refractivity contribution in [1.29, 1.82) is 0 Å². The zero-order valence-corrected chi connectivity index (χ0v) is 19.1. The van der Waals surface area contributed by atoms with Crippen LogP contribution in [-0.2, 0) is 14.8 Å². The van der Waals surface area contributed by atoms with Crippen LogP contribution in [0.15, 0.2) is 47.4 Å². The molecule has 9 heteroatoms. The highest BCUT2D eigenvalue weighted by atomic mass is 35.5. The van der Waals surface area contributed by atoms with Crippen molar-refractivity contribution in [3.05, 3.63) is 58.1 Å². The lowest BCUT2D eigenvalue weighted by Crippen LogP contribution is -2.49. The summed E-state index contributed by atoms with van der Waals surface area (Å²) < 4.78 is 32.7. The number of ether oxygens (including phenoxy) is 1. The number of aryl methyl sites for hydroxylation is 1. The van der Waals surface area contributed by atoms with Gasteiger partial charge in [0.05, 0.1) is 9.92 Å². The number of carbonyl (C=O) groups excluding carboxylic acids is 1. The second kappa shape index (κ2) is 9.56. The minimum atomic E-state index is -3.53. The second-order valence-electron chi connectivity index (χ2n) is 7.33. The van der Waals surface area contributed by atoms with Crippen LogP contribution in [0.5, 0.6) is 5.75 Å². The van der Waals surface area contributed by atoms with Crippen molar-refractivity contribution in [3.63, 3.8) is 0 Å². The maximum absolute atomic E-state index is 12.8. The van der Waals surface area contributed by atoms with Crippen LogP contribution in [0.3, 0.4) is 0 Å². The molecule has 0 radical (unpaired) electrons. The monoisotopic (exact) mass is 470 g/mol. The van der Waals surface area contributed by atoms with E-state index in [0.717, 1.165) is 5.56 Å². The smallest absolute Gasteiger partial charge is 0.260 e. The fourth-order valence-corrected chi connectivity index (χ4v) is 5.16. The normalized spacial score (nSPS) is 16.8. The summed E-state index contributed by atoms with van der Waals surface area (Å²) in [5.41, 5.74) is 1.01. The molecule has 0 aromatic heterocycles. The molecule has 1 fully saturated rings. The first kappa shape index (κ1) is 22.9. The van der Waals surface area contributed by atoms with E-state index in [4.69, 9.17) is 27.9 Å². The van der Waals surface area contributed by atoms with Gasteiger partial charge in [-0.1, -0.05) is 40.9 Å². The van der Waals surface area contributed by atoms with E-state index in [1.807, 2.05) is 6.92 Å². The number of piperidine rings is 1. The molecule has 162 valence electrons. The van der Waals surface area contributed by atoms with Gasteiger partial charge in [0.1, 0.15) is 5.75 Å². The van der Waals surface area contributed by atoms with Gasteiger partial charge in [0.2, 0.25) is 10.0 Å². The van der Waals surface area contributed by atoms with E-state index in [1.54, 1.807) is 49.4 Å². The molecule has 2 aromatic carbocycles. The average Bonchev–Trinajstić information content (AvgIpc) is 2.70. The largest absolute Gasteiger partial charge is 0.479 e. The van der Waals surface area contributed by atoms with Crippen LogP contribution in [0.2, 0.25) is 10.0 Å². The van der Waals surface area contributed by atoms with Crippen molar-refractivity contribution in [2.45, 2.75) is 43.7 Å². The van der Waals surface area contributed by atoms with Gasteiger partial charge < -0.3 is 10.1 Å². The Labute approximate surface area is 187 Å². The van der Waals surface area contributed by atoms with Crippen molar-refractivity contribution >= 4 is 39.1 Å². The molecule has 1 aliphatic heterocycles. The summed E-state index contributed by atoms with van der Waals surface area (Å²) in [5.74, 6) is 0.101. The van der Waals surface area contributed by atoms with Crippen LogP contribution in [-0.4, -0.2) is 43.9 Å². The fourth-order valence-electron chi connectivity index (χ4n) is 3.23. The third-order valence-corrected chi connectivity index (χ3v) is 7.47. The molecule has 0 aliphatic carbocycles. The maximum atomic E-state index is 12.8. The molecule has 1 N–H and O–H groups in total. The second-order valence-corrected chi connectivity index (χ2v) is 10.1. The molecule has 0 bridgehead atoms. The van der Waals surface area contributed by atoms with Gasteiger partial charge in [-0.25, -0.2) is 8.42 Å². The fraction of sp³-hybridized carbons (Fsp3) is 0.381. The number of carbonyl (C=O) groups is 1. The van der Waals surface area contributed by atoms with Gasteiger partial charge in [0.15, 0.2) is 6.10 Å². The van der Waals surface area contributed by atoms with Gasteiger partial charge in [0, 0.05) is 24.2 Å². The number of benzene rings is 2. The lowest BCUT2D eigenvalue weighted by Gasteiger charge is -2.32. The molecule has 1 aliphatic rings. The number of amides is 1. The quantitative estimate of drug-likeness (QED) is 0.690. The number of nitrogens with one attached hydrogen (secondary N) is 1. The van der Waals surface area contributed by atoms with Gasteiger partial charge in [-0.3, -0.25) is 4.79 Å². The van der Waals surface area contributed by atoms with E-state index in [1.165, 1.54) is 4.31 Å². The molecule has 3 rings (SSSR count). The van der Waals surface area contributed by atoms with Crippen LogP contribution in [0.1, 0.15) is 25.3 Å². The number of rotatable bonds is 6. The number of halogens is 2. The van der Waals surface area contributed by atoms with Gasteiger partial charge in [0.25, 0.3) is 5.91 Å². The molecule has 0 spiro atoms. The Kier molecular flexibility index (Phi) is 7.29. The Balaban J connectivity index is 1.53. The minimum Gasteiger partial charge on any atom is -0.479 e. The highest BCUT2D eigenvalue weighted by Crippen LogP contribution is 2.28. The summed E-state index contributed by atoms with van der Waals surface area (Å²) in [6.45, 7) is 4.24. The zero-order chi connectivity index (χ0) is 21.9. The molecule has 0 saturated carbocycles. The van der Waals surface area contributed by atoms with Crippen molar-refractivity contribution in [2.75, 3.05) is 13.1 Å². The van der Waals surface area contributed by atoms with Gasteiger partial charge in [-0.05, 0) is 57.0 Å². The standard InChI is InChI=1S/C21H24Cl2N2O4S/c1-14-3-6-18(7-4-14)30(27,28)25-11-9-17(10-12-25)24-21(26)15(2)29-20-8-5-16(22)13-19(20)23/h3-8,13,15,17H,9-12H2,1-2H3,(H,24,26)/t15-/m0/s1. The summed E-state index contributed by atoms with van der Waals surface area (Å²) in [5, 5.41) is 3.75. The third-order valence-electron chi connectivity index (χ3n) is 5.03. The Morgan fingerprint density at radius 1 is 1.13 bits per heavy atom. The van der Waals surface area contributed by atoms with Crippen LogP contribution >= 0.6 is 23.2 Å². The molecule has 30 heavy (non-hydrogen) atoms. The Morgan fingerprint density at radius 3 is 2.37 bits per heavy atom. The first-order chi connectivity index (χ1) is 14.2. The van der Waals surface area contributed by atoms with E-state index in [0.29, 0.717) is 41.7 Å². The maximum Gasteiger partial charge on any atom is 0.260 e. The van der Waals surface area contributed by atoms with Gasteiger partial charge >= 0.3 is 0 Å². The molecular weight excluding hydrogens is 447 g/mol. The van der Waals surface area contributed by atoms with E-state index >= 15 is 0 Å². The highest BCUT2D eigenvalue weighted by molar-refractivity contribution is 7.89. The van der Waals surface area contributed by atoms with Gasteiger partial charge in [-0.15, -0.1) is 0 Å². The predicted octanol–water partition coefficient (Wildman–Crippen LogP) is 4.04. The lowest BCUT2D eigenvalue weighted by atomic mass is 10.1. The van der Waals surface area contributed by atoms with Crippen LogP contribution < -0.4 is 10.1 Å². The van der Waals surface area contributed by atoms with Crippen LogP contribution in [0.4, 0.5) is 0 Å². The van der Waals surface area contributed by atoms with Crippen molar-refractivity contribution in [2.24, 2.45) is 0 Å². The lowest BCUT2D eigenvalue weighted by molar-refractivity contribution is -0.128. The molecule has 1 atom stereocenters. The average molecular weight is 471 g/mol. The summed E-state index contributed by atoms with van der Waals surface area (Å²) in [4.78, 5) is 12.8. The van der Waals surface area contributed by atoms with E-state index in [9.17, 15) is 13.2 Å². The first-order valence-corrected chi connectivity index (χ1v) is 11.9. The highest BCUT2D eigenvalue weighted by Gasteiger charge is 2.30. The molecule has 1 amide bonds. The molecule has 1 heterocycles. The molecule has 0 unspecified atom stereocenters. The zero-order valence-electron chi connectivity index (χ0n) is 16.8. The van der Waals surface area contributed by atoms with Gasteiger partial charge in [-0.2, -0.15) is 4.31 Å². The molecule has 2 aromatic rings. The predicted molar refractivity (Wildman–Crippen MR) is 118 cm³/mol. The third kappa shape index (κ3) is 5.46. The van der Waals surface area contributed by atoms with E-state index in [2.05, 4.69) is 5.32 Å². The Bertz CT molecular complexity index is 1000. The Hall–Kier alpha value is -1.80. The number of nitrogens with zero attached hydrogens (tertiary/aromatic N) is 1. The molecule has 1 saturated heterocycles. The Morgan fingerprint density at radius 2 is 1.77 bits per heavy atom. The summed E-state index contributed by atoms with van der Waals surface area (Å²) in [6.07, 6.45) is 0.314. The van der Waals surface area contributed by atoms with Crippen molar-refractivity contribution < 1.29 is 17.9 Å². The van der Waals surface area contributed by atoms with E-state index in [-0.39, 0.29) is 16.8 Å². The minimum absolute atomic E-state index is 0.117. The number of hydrogen-bond donors (Lipinski definition) is 1. The van der Waals surface area contributed by atoms with Crippen molar-refractivity contribution in [3.8, 4) is 5.75 Å². The molecule has 6 nitrogen and oxygen atoms in total. The summed E-state index contributed by atoms with van der Waals surface area (Å²) >= 11 is 12.0. The van der Waals surface area contributed by atoms with Crippen LogP contribution in [0, 0.1) is 6.92 Å². The summed E-state index contributed by atoms with van der Waals surface area (Å²) in [6, 6.07) is 11.5. The molecular formula is C21H24Cl2N2O4S. The van der Waals surface area contributed by atoms with Crippen LogP contribution in [0.25, 0.3) is 0 Å². The number of sulfonamides is 1. The number of hydrogen-bond acceptors (Lipinski definition) is 4. The van der Waals surface area contributed by atoms with E-state index < -0.39 is 16.1 Å². The van der Waals surface area contributed by atoms with Crippen molar-refractivity contribution in [1.82, 2.24) is 9.62 Å². The summed E-state index contributed by atoms with van der Waals surface area (Å²) in [7, 11) is -3.53. The topological polar surface area (TPSA) is 75.7 Å². The first-order valence-electron chi connectivity index (χ1n) is 9.66. The SMILES string of the molecule is Cc1ccc(S(=O)(=O)N2CCC(NC(=O)[C@H](C)Oc3ccc(Cl)cc3Cl)CC2)cc1.